The summed E-state index contributed by atoms with van der Waals surface area (Å²) in [7, 11) is -3.61. The number of nitrogens with zero attached hydrogens (tertiary/aromatic N) is 1. The summed E-state index contributed by atoms with van der Waals surface area (Å²) in [6.45, 7) is 5.94. The molecule has 126 valence electrons. The minimum Gasteiger partial charge on any atom is -0.397 e. The summed E-state index contributed by atoms with van der Waals surface area (Å²) in [6, 6.07) is 3.46. The van der Waals surface area contributed by atoms with Gasteiger partial charge in [-0.15, -0.1) is 12.4 Å². The van der Waals surface area contributed by atoms with E-state index in [2.05, 4.69) is 21.2 Å². The summed E-state index contributed by atoms with van der Waals surface area (Å²) in [5.74, 6) is -1.20. The van der Waals surface area contributed by atoms with Crippen LogP contribution in [-0.4, -0.2) is 37.5 Å². The van der Waals surface area contributed by atoms with Gasteiger partial charge in [-0.3, -0.25) is 4.79 Å². The van der Waals surface area contributed by atoms with E-state index in [0.29, 0.717) is 24.5 Å². The first-order valence-corrected chi connectivity index (χ1v) is 8.94. The number of halogens is 2. The molecule has 3 N–H and O–H groups in total. The van der Waals surface area contributed by atoms with Crippen LogP contribution in [0.15, 0.2) is 16.6 Å². The molecule has 0 saturated carbocycles. The van der Waals surface area contributed by atoms with Gasteiger partial charge in [0.15, 0.2) is 0 Å². The molecule has 0 saturated heterocycles. The van der Waals surface area contributed by atoms with Crippen LogP contribution in [0.5, 0.6) is 0 Å². The molecular formula is C13H21BrClN3O3S. The number of rotatable bonds is 6. The molecule has 1 aromatic carbocycles. The topological polar surface area (TPSA) is 92.5 Å². The maximum Gasteiger partial charge on any atom is 0.241 e. The Balaban J connectivity index is 0.00000441. The zero-order valence-corrected chi connectivity index (χ0v) is 15.9. The van der Waals surface area contributed by atoms with Crippen LogP contribution in [0.4, 0.5) is 11.4 Å². The van der Waals surface area contributed by atoms with E-state index in [4.69, 9.17) is 5.73 Å². The summed E-state index contributed by atoms with van der Waals surface area (Å²) in [5.41, 5.74) is 7.50. The van der Waals surface area contributed by atoms with Crippen molar-refractivity contribution in [3.8, 4) is 0 Å². The van der Waals surface area contributed by atoms with Gasteiger partial charge in [0.25, 0.3) is 0 Å². The number of aryl methyl sites for hydroxylation is 1. The molecule has 6 nitrogen and oxygen atoms in total. The average Bonchev–Trinajstić information content (AvgIpc) is 2.35. The van der Waals surface area contributed by atoms with Crippen molar-refractivity contribution in [2.45, 2.75) is 20.8 Å². The number of benzene rings is 1. The van der Waals surface area contributed by atoms with Crippen LogP contribution < -0.4 is 11.1 Å². The highest BCUT2D eigenvalue weighted by molar-refractivity contribution is 9.10. The molecule has 0 aliphatic heterocycles. The van der Waals surface area contributed by atoms with E-state index in [0.717, 1.165) is 10.0 Å². The van der Waals surface area contributed by atoms with Gasteiger partial charge < -0.3 is 11.1 Å². The van der Waals surface area contributed by atoms with Gasteiger partial charge in [-0.1, -0.05) is 29.8 Å². The number of nitrogens with one attached hydrogen (secondary N) is 1. The van der Waals surface area contributed by atoms with E-state index in [1.807, 2.05) is 13.0 Å². The highest BCUT2D eigenvalue weighted by atomic mass is 79.9. The Labute approximate surface area is 146 Å². The molecular weight excluding hydrogens is 394 g/mol. The monoisotopic (exact) mass is 413 g/mol. The van der Waals surface area contributed by atoms with Crippen molar-refractivity contribution >= 4 is 55.6 Å². The molecule has 0 fully saturated rings. The number of sulfonamides is 1. The predicted octanol–water partition coefficient (Wildman–Crippen LogP) is 2.37. The number of hydrogen-bond donors (Lipinski definition) is 2. The second-order valence-electron chi connectivity index (χ2n) is 4.57. The van der Waals surface area contributed by atoms with E-state index in [-0.39, 0.29) is 12.4 Å². The second kappa shape index (κ2) is 8.71. The summed E-state index contributed by atoms with van der Waals surface area (Å²) in [6.07, 6.45) is 0. The second-order valence-corrected chi connectivity index (χ2v) is 7.46. The van der Waals surface area contributed by atoms with E-state index < -0.39 is 21.7 Å². The van der Waals surface area contributed by atoms with Crippen LogP contribution in [0, 0.1) is 6.92 Å². The number of carbonyl (C=O) groups excluding carboxylic acids is 1. The van der Waals surface area contributed by atoms with Gasteiger partial charge in [0, 0.05) is 17.6 Å². The first-order valence-electron chi connectivity index (χ1n) is 6.54. The Morgan fingerprint density at radius 1 is 1.32 bits per heavy atom. The van der Waals surface area contributed by atoms with Crippen molar-refractivity contribution in [3.05, 3.63) is 22.2 Å². The van der Waals surface area contributed by atoms with Crippen LogP contribution in [-0.2, 0) is 14.8 Å². The number of amides is 1. The van der Waals surface area contributed by atoms with Crippen molar-refractivity contribution in [1.29, 1.82) is 0 Å². The third-order valence-electron chi connectivity index (χ3n) is 3.04. The molecule has 0 aliphatic rings. The third kappa shape index (κ3) is 5.42. The van der Waals surface area contributed by atoms with Crippen molar-refractivity contribution < 1.29 is 13.2 Å². The number of nitrogen functional groups attached to an aromatic ring is 1. The van der Waals surface area contributed by atoms with Gasteiger partial charge in [-0.05, 0) is 24.6 Å². The fourth-order valence-corrected chi connectivity index (χ4v) is 3.86. The van der Waals surface area contributed by atoms with Crippen LogP contribution in [0.3, 0.4) is 0 Å². The molecule has 1 aromatic rings. The van der Waals surface area contributed by atoms with Crippen molar-refractivity contribution in [1.82, 2.24) is 4.31 Å². The molecule has 0 bridgehead atoms. The normalized spacial score (nSPS) is 11.1. The minimum absolute atomic E-state index is 0. The molecule has 0 aromatic heterocycles. The van der Waals surface area contributed by atoms with E-state index in [1.54, 1.807) is 19.9 Å². The average molecular weight is 415 g/mol. The van der Waals surface area contributed by atoms with Crippen LogP contribution >= 0.6 is 28.3 Å². The number of hydrogen-bond acceptors (Lipinski definition) is 4. The van der Waals surface area contributed by atoms with Gasteiger partial charge in [-0.2, -0.15) is 0 Å². The summed E-state index contributed by atoms with van der Waals surface area (Å²) < 4.78 is 26.1. The van der Waals surface area contributed by atoms with Crippen molar-refractivity contribution in [2.24, 2.45) is 0 Å². The lowest BCUT2D eigenvalue weighted by molar-refractivity contribution is -0.113. The van der Waals surface area contributed by atoms with E-state index in [9.17, 15) is 13.2 Å². The van der Waals surface area contributed by atoms with Gasteiger partial charge in [0.05, 0.1) is 11.4 Å². The number of nitrogens with two attached hydrogens (primary N) is 1. The molecule has 9 heteroatoms. The largest absolute Gasteiger partial charge is 0.397 e. The Morgan fingerprint density at radius 3 is 2.36 bits per heavy atom. The van der Waals surface area contributed by atoms with Gasteiger partial charge >= 0.3 is 0 Å². The lowest BCUT2D eigenvalue weighted by atomic mass is 10.2. The Bertz CT molecular complexity index is 634. The third-order valence-corrected chi connectivity index (χ3v) is 5.43. The van der Waals surface area contributed by atoms with Crippen LogP contribution in [0.25, 0.3) is 0 Å². The lowest BCUT2D eigenvalue weighted by Crippen LogP contribution is -2.37. The molecule has 0 spiro atoms. The molecule has 1 rings (SSSR count). The summed E-state index contributed by atoms with van der Waals surface area (Å²) in [5, 5.41) is 2.55. The molecule has 1 amide bonds. The van der Waals surface area contributed by atoms with Crippen LogP contribution in [0.2, 0.25) is 0 Å². The zero-order chi connectivity index (χ0) is 16.2. The van der Waals surface area contributed by atoms with Crippen molar-refractivity contribution in [3.63, 3.8) is 0 Å². The van der Waals surface area contributed by atoms with Gasteiger partial charge in [-0.25, -0.2) is 12.7 Å². The molecule has 22 heavy (non-hydrogen) atoms. The zero-order valence-electron chi connectivity index (χ0n) is 12.7. The fraction of sp³-hybridized carbons (Fsp3) is 0.462. The van der Waals surface area contributed by atoms with Crippen molar-refractivity contribution in [2.75, 3.05) is 29.9 Å². The smallest absolute Gasteiger partial charge is 0.241 e. The maximum absolute atomic E-state index is 12.0. The quantitative estimate of drug-likeness (QED) is 0.699. The SMILES string of the molecule is CCN(CC)S(=O)(=O)CC(=O)Nc1cc(Br)cc(C)c1N.Cl. The highest BCUT2D eigenvalue weighted by Crippen LogP contribution is 2.27. The maximum atomic E-state index is 12.0. The fourth-order valence-electron chi connectivity index (χ4n) is 1.92. The van der Waals surface area contributed by atoms with Gasteiger partial charge in [0.2, 0.25) is 15.9 Å². The lowest BCUT2D eigenvalue weighted by Gasteiger charge is -2.18. The molecule has 0 radical (unpaired) electrons. The molecule has 0 heterocycles. The first-order chi connectivity index (χ1) is 9.71. The predicted molar refractivity (Wildman–Crippen MR) is 95.9 cm³/mol. The first kappa shape index (κ1) is 21.2. The molecule has 0 atom stereocenters. The summed E-state index contributed by atoms with van der Waals surface area (Å²) >= 11 is 3.31. The number of carbonyl (C=O) groups is 1. The Morgan fingerprint density at radius 2 is 1.86 bits per heavy atom. The Hall–Kier alpha value is -0.830. The highest BCUT2D eigenvalue weighted by Gasteiger charge is 2.23. The summed E-state index contributed by atoms with van der Waals surface area (Å²) in [4.78, 5) is 12.0. The molecule has 0 unspecified atom stereocenters. The number of anilines is 2. The minimum atomic E-state index is -3.61. The standard InChI is InChI=1S/C13H20BrN3O3S.ClH/c1-4-17(5-2)21(19,20)8-12(18)16-11-7-10(14)6-9(3)13(11)15;/h6-7H,4-5,8,15H2,1-3H3,(H,16,18);1H. The van der Waals surface area contributed by atoms with Gasteiger partial charge in [0.1, 0.15) is 5.75 Å². The molecule has 0 aliphatic carbocycles. The Kier molecular flexibility index (Phi) is 8.38. The van der Waals surface area contributed by atoms with Crippen LogP contribution in [0.1, 0.15) is 19.4 Å². The van der Waals surface area contributed by atoms with E-state index in [1.165, 1.54) is 4.31 Å². The van der Waals surface area contributed by atoms with E-state index >= 15 is 0 Å².